The second-order valence-electron chi connectivity index (χ2n) is 3.46. The molecule has 1 aromatic carbocycles. The number of sulfone groups is 1. The summed E-state index contributed by atoms with van der Waals surface area (Å²) in [6.07, 6.45) is 1.36. The Morgan fingerprint density at radius 3 is 2.67 bits per heavy atom. The Hall–Kier alpha value is -0.870. The largest absolute Gasteiger partial charge is 0.330 e. The molecule has 0 aliphatic rings. The molecule has 0 unspecified atom stereocenters. The minimum absolute atomic E-state index is 0.136. The third-order valence-electron chi connectivity index (χ3n) is 2.28. The van der Waals surface area contributed by atoms with Crippen LogP contribution >= 0.6 is 0 Å². The Kier molecular flexibility index (Phi) is 4.29. The minimum atomic E-state index is -3.14. The molecule has 0 aliphatic carbocycles. The monoisotopic (exact) mass is 227 g/mol. The zero-order chi connectivity index (χ0) is 11.3. The van der Waals surface area contributed by atoms with E-state index in [0.29, 0.717) is 17.9 Å². The fourth-order valence-electron chi connectivity index (χ4n) is 1.35. The number of nitrogens with two attached hydrogens (primary N) is 1. The highest BCUT2D eigenvalue weighted by atomic mass is 32.2. The first-order valence-corrected chi connectivity index (χ1v) is 6.77. The smallest absolute Gasteiger partial charge is 0.178 e. The average molecular weight is 227 g/mol. The summed E-state index contributed by atoms with van der Waals surface area (Å²) in [6.45, 7) is 2.41. The fraction of sp³-hybridized carbons (Fsp3) is 0.455. The van der Waals surface area contributed by atoms with Crippen molar-refractivity contribution in [3.8, 4) is 0 Å². The van der Waals surface area contributed by atoms with Crippen molar-refractivity contribution in [2.24, 2.45) is 5.73 Å². The molecule has 0 fully saturated rings. The first-order valence-electron chi connectivity index (χ1n) is 5.12. The van der Waals surface area contributed by atoms with E-state index >= 15 is 0 Å². The van der Waals surface area contributed by atoms with Crippen LogP contribution in [0.5, 0.6) is 0 Å². The minimum Gasteiger partial charge on any atom is -0.330 e. The van der Waals surface area contributed by atoms with Crippen LogP contribution in [-0.4, -0.2) is 20.7 Å². The summed E-state index contributed by atoms with van der Waals surface area (Å²) in [5.41, 5.74) is 6.35. The Bertz CT molecular complexity index is 412. The molecule has 15 heavy (non-hydrogen) atoms. The summed E-state index contributed by atoms with van der Waals surface area (Å²) >= 11 is 0. The average Bonchev–Trinajstić information content (AvgIpc) is 2.26. The first kappa shape index (κ1) is 12.2. The van der Waals surface area contributed by atoms with Crippen LogP contribution in [0.4, 0.5) is 0 Å². The van der Waals surface area contributed by atoms with Crippen LogP contribution in [0.2, 0.25) is 0 Å². The first-order chi connectivity index (χ1) is 7.10. The summed E-state index contributed by atoms with van der Waals surface area (Å²) in [6, 6.07) is 7.10. The SMILES string of the molecule is CCc1cccc(S(=O)(=O)CCCN)c1. The van der Waals surface area contributed by atoms with Gasteiger partial charge in [0.1, 0.15) is 0 Å². The highest BCUT2D eigenvalue weighted by Gasteiger charge is 2.13. The van der Waals surface area contributed by atoms with E-state index in [0.717, 1.165) is 12.0 Å². The highest BCUT2D eigenvalue weighted by molar-refractivity contribution is 7.91. The maximum atomic E-state index is 11.8. The van der Waals surface area contributed by atoms with Gasteiger partial charge in [-0.2, -0.15) is 0 Å². The van der Waals surface area contributed by atoms with Gasteiger partial charge < -0.3 is 5.73 Å². The number of aryl methyl sites for hydroxylation is 1. The molecule has 0 aliphatic heterocycles. The molecule has 3 nitrogen and oxygen atoms in total. The van der Waals surface area contributed by atoms with Crippen molar-refractivity contribution in [2.45, 2.75) is 24.7 Å². The Labute approximate surface area is 91.2 Å². The second-order valence-corrected chi connectivity index (χ2v) is 5.57. The van der Waals surface area contributed by atoms with Gasteiger partial charge in [0, 0.05) is 0 Å². The summed E-state index contributed by atoms with van der Waals surface area (Å²) in [4.78, 5) is 0.412. The zero-order valence-electron chi connectivity index (χ0n) is 8.94. The molecule has 84 valence electrons. The predicted molar refractivity (Wildman–Crippen MR) is 61.5 cm³/mol. The van der Waals surface area contributed by atoms with Crippen LogP contribution in [-0.2, 0) is 16.3 Å². The molecule has 1 aromatic rings. The maximum Gasteiger partial charge on any atom is 0.178 e. The van der Waals surface area contributed by atoms with Crippen molar-refractivity contribution in [2.75, 3.05) is 12.3 Å². The van der Waals surface area contributed by atoms with E-state index in [-0.39, 0.29) is 5.75 Å². The van der Waals surface area contributed by atoms with E-state index in [1.54, 1.807) is 18.2 Å². The molecular weight excluding hydrogens is 210 g/mol. The van der Waals surface area contributed by atoms with E-state index in [2.05, 4.69) is 0 Å². The van der Waals surface area contributed by atoms with Crippen molar-refractivity contribution in [1.82, 2.24) is 0 Å². The van der Waals surface area contributed by atoms with Gasteiger partial charge >= 0.3 is 0 Å². The molecule has 4 heteroatoms. The van der Waals surface area contributed by atoms with E-state index < -0.39 is 9.84 Å². The number of benzene rings is 1. The molecule has 0 saturated carbocycles. The zero-order valence-corrected chi connectivity index (χ0v) is 9.76. The number of hydrogen-bond acceptors (Lipinski definition) is 3. The van der Waals surface area contributed by atoms with Crippen LogP contribution in [0.1, 0.15) is 18.9 Å². The van der Waals surface area contributed by atoms with Crippen molar-refractivity contribution >= 4 is 9.84 Å². The van der Waals surface area contributed by atoms with Crippen LogP contribution in [0.3, 0.4) is 0 Å². The van der Waals surface area contributed by atoms with E-state index in [9.17, 15) is 8.42 Å². The third-order valence-corrected chi connectivity index (χ3v) is 4.08. The van der Waals surface area contributed by atoms with Crippen molar-refractivity contribution < 1.29 is 8.42 Å². The van der Waals surface area contributed by atoms with E-state index in [4.69, 9.17) is 5.73 Å². The lowest BCUT2D eigenvalue weighted by Crippen LogP contribution is -2.11. The van der Waals surface area contributed by atoms with Gasteiger partial charge in [-0.15, -0.1) is 0 Å². The van der Waals surface area contributed by atoms with Crippen molar-refractivity contribution in [3.05, 3.63) is 29.8 Å². The lowest BCUT2D eigenvalue weighted by Gasteiger charge is -2.05. The van der Waals surface area contributed by atoms with Crippen LogP contribution in [0.15, 0.2) is 29.2 Å². The van der Waals surface area contributed by atoms with Crippen LogP contribution in [0, 0.1) is 0 Å². The molecule has 0 atom stereocenters. The van der Waals surface area contributed by atoms with E-state index in [1.807, 2.05) is 13.0 Å². The molecule has 0 saturated heterocycles. The molecule has 0 bridgehead atoms. The molecule has 0 radical (unpaired) electrons. The predicted octanol–water partition coefficient (Wildman–Crippen LogP) is 1.37. The lowest BCUT2D eigenvalue weighted by molar-refractivity contribution is 0.593. The molecule has 0 spiro atoms. The van der Waals surface area contributed by atoms with Gasteiger partial charge in [0.05, 0.1) is 10.6 Å². The van der Waals surface area contributed by atoms with Crippen LogP contribution in [0.25, 0.3) is 0 Å². The Balaban J connectivity index is 2.94. The number of rotatable bonds is 5. The summed E-state index contributed by atoms with van der Waals surface area (Å²) in [7, 11) is -3.14. The number of hydrogen-bond donors (Lipinski definition) is 1. The normalized spacial score (nSPS) is 11.6. The van der Waals surface area contributed by atoms with Gasteiger partial charge in [-0.1, -0.05) is 19.1 Å². The molecule has 2 N–H and O–H groups in total. The Morgan fingerprint density at radius 1 is 1.33 bits per heavy atom. The van der Waals surface area contributed by atoms with Crippen LogP contribution < -0.4 is 5.73 Å². The summed E-state index contributed by atoms with van der Waals surface area (Å²) in [5.74, 6) is 0.136. The molecular formula is C11H17NO2S. The van der Waals surface area contributed by atoms with Gasteiger partial charge in [0.25, 0.3) is 0 Å². The highest BCUT2D eigenvalue weighted by Crippen LogP contribution is 2.14. The van der Waals surface area contributed by atoms with Gasteiger partial charge in [0.15, 0.2) is 9.84 Å². The standard InChI is InChI=1S/C11H17NO2S/c1-2-10-5-3-6-11(9-10)15(13,14)8-4-7-12/h3,5-6,9H,2,4,7-8,12H2,1H3. The molecule has 0 aromatic heterocycles. The third kappa shape index (κ3) is 3.32. The van der Waals surface area contributed by atoms with Crippen molar-refractivity contribution in [1.29, 1.82) is 0 Å². The lowest BCUT2D eigenvalue weighted by atomic mass is 10.2. The Morgan fingerprint density at radius 2 is 2.07 bits per heavy atom. The molecule has 0 heterocycles. The molecule has 1 rings (SSSR count). The van der Waals surface area contributed by atoms with Crippen molar-refractivity contribution in [3.63, 3.8) is 0 Å². The van der Waals surface area contributed by atoms with E-state index in [1.165, 1.54) is 0 Å². The van der Waals surface area contributed by atoms with Gasteiger partial charge in [0.2, 0.25) is 0 Å². The fourth-order valence-corrected chi connectivity index (χ4v) is 2.75. The van der Waals surface area contributed by atoms with Gasteiger partial charge in [-0.3, -0.25) is 0 Å². The summed E-state index contributed by atoms with van der Waals surface area (Å²) in [5, 5.41) is 0. The quantitative estimate of drug-likeness (QED) is 0.826. The topological polar surface area (TPSA) is 60.2 Å². The summed E-state index contributed by atoms with van der Waals surface area (Å²) < 4.78 is 23.6. The maximum absolute atomic E-state index is 11.8. The van der Waals surface area contributed by atoms with Gasteiger partial charge in [-0.25, -0.2) is 8.42 Å². The second kappa shape index (κ2) is 5.28. The van der Waals surface area contributed by atoms with Gasteiger partial charge in [-0.05, 0) is 37.1 Å². The molecule has 0 amide bonds.